The van der Waals surface area contributed by atoms with Gasteiger partial charge < -0.3 is 10.5 Å². The van der Waals surface area contributed by atoms with E-state index in [1.807, 2.05) is 6.92 Å². The number of ketones is 1. The van der Waals surface area contributed by atoms with Gasteiger partial charge in [0, 0.05) is 5.56 Å². The van der Waals surface area contributed by atoms with Crippen LogP contribution < -0.4 is 10.5 Å². The standard InChI is InChI=1S/C16H14FNO2/c1-9-6-11-14(19)8-15(20-16(11)13(18)7-9)10-4-2-3-5-12(10)17/h2-7,15H,8,18H2,1H3. The minimum Gasteiger partial charge on any atom is -0.482 e. The second-order valence-electron chi connectivity index (χ2n) is 4.99. The van der Waals surface area contributed by atoms with E-state index < -0.39 is 6.10 Å². The molecule has 1 heterocycles. The van der Waals surface area contributed by atoms with E-state index in [-0.39, 0.29) is 18.0 Å². The fourth-order valence-electron chi connectivity index (χ4n) is 2.51. The lowest BCUT2D eigenvalue weighted by atomic mass is 9.94. The molecule has 0 spiro atoms. The number of carbonyl (C=O) groups is 1. The van der Waals surface area contributed by atoms with Gasteiger partial charge in [-0.05, 0) is 30.7 Å². The summed E-state index contributed by atoms with van der Waals surface area (Å²) in [5, 5.41) is 0. The van der Waals surface area contributed by atoms with Gasteiger partial charge in [0.2, 0.25) is 0 Å². The minimum atomic E-state index is -0.624. The number of benzene rings is 2. The number of aryl methyl sites for hydroxylation is 1. The minimum absolute atomic E-state index is 0.0742. The average Bonchev–Trinajstić information content (AvgIpc) is 2.40. The Bertz CT molecular complexity index is 697. The fourth-order valence-corrected chi connectivity index (χ4v) is 2.51. The summed E-state index contributed by atoms with van der Waals surface area (Å²) in [6.45, 7) is 1.87. The monoisotopic (exact) mass is 271 g/mol. The molecule has 3 rings (SSSR count). The molecule has 2 aromatic rings. The Balaban J connectivity index is 2.05. The smallest absolute Gasteiger partial charge is 0.170 e. The van der Waals surface area contributed by atoms with Crippen molar-refractivity contribution in [3.63, 3.8) is 0 Å². The lowest BCUT2D eigenvalue weighted by Crippen LogP contribution is -2.22. The van der Waals surface area contributed by atoms with Crippen LogP contribution in [0.2, 0.25) is 0 Å². The third-order valence-corrected chi connectivity index (χ3v) is 3.45. The highest BCUT2D eigenvalue weighted by atomic mass is 19.1. The highest BCUT2D eigenvalue weighted by Gasteiger charge is 2.30. The van der Waals surface area contributed by atoms with Gasteiger partial charge in [-0.15, -0.1) is 0 Å². The van der Waals surface area contributed by atoms with E-state index in [0.29, 0.717) is 22.6 Å². The van der Waals surface area contributed by atoms with Crippen LogP contribution in [-0.4, -0.2) is 5.78 Å². The molecule has 1 unspecified atom stereocenters. The van der Waals surface area contributed by atoms with Gasteiger partial charge in [-0.2, -0.15) is 0 Å². The first-order valence-corrected chi connectivity index (χ1v) is 6.40. The summed E-state index contributed by atoms with van der Waals surface area (Å²) in [7, 11) is 0. The second kappa shape index (κ2) is 4.63. The zero-order chi connectivity index (χ0) is 14.3. The Morgan fingerprint density at radius 3 is 2.80 bits per heavy atom. The molecule has 102 valence electrons. The summed E-state index contributed by atoms with van der Waals surface area (Å²) in [6, 6.07) is 9.82. The second-order valence-corrected chi connectivity index (χ2v) is 4.99. The van der Waals surface area contributed by atoms with Crippen LogP contribution in [0, 0.1) is 12.7 Å². The maximum Gasteiger partial charge on any atom is 0.170 e. The van der Waals surface area contributed by atoms with Crippen LogP contribution in [0.15, 0.2) is 36.4 Å². The van der Waals surface area contributed by atoms with Crippen molar-refractivity contribution in [2.75, 3.05) is 5.73 Å². The zero-order valence-corrected chi connectivity index (χ0v) is 11.0. The van der Waals surface area contributed by atoms with Crippen LogP contribution in [0.25, 0.3) is 0 Å². The summed E-state index contributed by atoms with van der Waals surface area (Å²) in [6.07, 6.45) is -0.502. The van der Waals surface area contributed by atoms with Crippen LogP contribution in [0.4, 0.5) is 10.1 Å². The molecule has 1 atom stereocenters. The maximum atomic E-state index is 13.8. The molecule has 2 aromatic carbocycles. The number of carbonyl (C=O) groups excluding carboxylic acids is 1. The van der Waals surface area contributed by atoms with Crippen LogP contribution in [-0.2, 0) is 0 Å². The van der Waals surface area contributed by atoms with Crippen LogP contribution >= 0.6 is 0 Å². The SMILES string of the molecule is Cc1cc(N)c2c(c1)C(=O)CC(c1ccccc1F)O2. The third kappa shape index (κ3) is 2.03. The largest absolute Gasteiger partial charge is 0.482 e. The Morgan fingerprint density at radius 1 is 1.30 bits per heavy atom. The van der Waals surface area contributed by atoms with Crippen molar-refractivity contribution < 1.29 is 13.9 Å². The lowest BCUT2D eigenvalue weighted by Gasteiger charge is -2.27. The highest BCUT2D eigenvalue weighted by molar-refractivity contribution is 6.01. The van der Waals surface area contributed by atoms with E-state index in [1.165, 1.54) is 6.07 Å². The molecule has 20 heavy (non-hydrogen) atoms. The van der Waals surface area contributed by atoms with E-state index in [1.54, 1.807) is 30.3 Å². The number of Topliss-reactive ketones (excluding diaryl/α,β-unsaturated/α-hetero) is 1. The van der Waals surface area contributed by atoms with E-state index in [4.69, 9.17) is 10.5 Å². The highest BCUT2D eigenvalue weighted by Crippen LogP contribution is 2.39. The number of fused-ring (bicyclic) bond motifs is 1. The van der Waals surface area contributed by atoms with E-state index in [2.05, 4.69) is 0 Å². The van der Waals surface area contributed by atoms with Gasteiger partial charge >= 0.3 is 0 Å². The topological polar surface area (TPSA) is 52.3 Å². The van der Waals surface area contributed by atoms with Gasteiger partial charge in [-0.25, -0.2) is 4.39 Å². The summed E-state index contributed by atoms with van der Waals surface area (Å²) < 4.78 is 19.6. The van der Waals surface area contributed by atoms with Crippen molar-refractivity contribution in [2.45, 2.75) is 19.4 Å². The van der Waals surface area contributed by atoms with Crippen LogP contribution in [0.3, 0.4) is 0 Å². The quantitative estimate of drug-likeness (QED) is 0.808. The maximum absolute atomic E-state index is 13.8. The molecule has 0 fully saturated rings. The number of halogens is 1. The average molecular weight is 271 g/mol. The molecule has 2 N–H and O–H groups in total. The third-order valence-electron chi connectivity index (χ3n) is 3.45. The van der Waals surface area contributed by atoms with E-state index >= 15 is 0 Å². The summed E-state index contributed by atoms with van der Waals surface area (Å²) >= 11 is 0. The first kappa shape index (κ1) is 12.7. The van der Waals surface area contributed by atoms with Gasteiger partial charge in [-0.3, -0.25) is 4.79 Å². The molecule has 0 saturated heterocycles. The Labute approximate surface area is 116 Å². The molecule has 0 radical (unpaired) electrons. The van der Waals surface area contributed by atoms with Crippen molar-refractivity contribution in [2.24, 2.45) is 0 Å². The molecule has 0 bridgehead atoms. The molecule has 1 aliphatic heterocycles. The number of hydrogen-bond acceptors (Lipinski definition) is 3. The number of nitrogen functional groups attached to an aromatic ring is 1. The number of rotatable bonds is 1. The molecule has 3 nitrogen and oxygen atoms in total. The summed E-state index contributed by atoms with van der Waals surface area (Å²) in [5.74, 6) is -0.0885. The number of nitrogens with two attached hydrogens (primary N) is 1. The number of hydrogen-bond donors (Lipinski definition) is 1. The van der Waals surface area contributed by atoms with Crippen molar-refractivity contribution in [1.29, 1.82) is 0 Å². The van der Waals surface area contributed by atoms with Gasteiger partial charge in [-0.1, -0.05) is 18.2 Å². The molecule has 0 aromatic heterocycles. The van der Waals surface area contributed by atoms with Crippen molar-refractivity contribution >= 4 is 11.5 Å². The van der Waals surface area contributed by atoms with Crippen LogP contribution in [0.1, 0.15) is 34.0 Å². The van der Waals surface area contributed by atoms with Crippen molar-refractivity contribution in [1.82, 2.24) is 0 Å². The van der Waals surface area contributed by atoms with Crippen molar-refractivity contribution in [3.05, 3.63) is 58.9 Å². The molecule has 1 aliphatic rings. The molecular weight excluding hydrogens is 257 g/mol. The Morgan fingerprint density at radius 2 is 2.05 bits per heavy atom. The van der Waals surface area contributed by atoms with Crippen molar-refractivity contribution in [3.8, 4) is 5.75 Å². The normalized spacial score (nSPS) is 17.5. The molecule has 0 saturated carbocycles. The summed E-state index contributed by atoms with van der Waals surface area (Å²) in [4.78, 5) is 12.2. The number of anilines is 1. The lowest BCUT2D eigenvalue weighted by molar-refractivity contribution is 0.0847. The van der Waals surface area contributed by atoms with E-state index in [0.717, 1.165) is 5.56 Å². The molecule has 0 aliphatic carbocycles. The van der Waals surface area contributed by atoms with Gasteiger partial charge in [0.15, 0.2) is 11.5 Å². The van der Waals surface area contributed by atoms with E-state index in [9.17, 15) is 9.18 Å². The predicted octanol–water partition coefficient (Wildman–Crippen LogP) is 3.42. The molecular formula is C16H14FNO2. The zero-order valence-electron chi connectivity index (χ0n) is 11.0. The predicted molar refractivity (Wildman–Crippen MR) is 74.3 cm³/mol. The Hall–Kier alpha value is -2.36. The Kier molecular flexibility index (Phi) is 2.93. The van der Waals surface area contributed by atoms with Gasteiger partial charge in [0.1, 0.15) is 11.9 Å². The summed E-state index contributed by atoms with van der Waals surface area (Å²) in [5.41, 5.74) is 8.09. The first-order valence-electron chi connectivity index (χ1n) is 6.40. The molecule has 4 heteroatoms. The van der Waals surface area contributed by atoms with Crippen LogP contribution in [0.5, 0.6) is 5.75 Å². The first-order chi connectivity index (χ1) is 9.56. The van der Waals surface area contributed by atoms with Gasteiger partial charge in [0.05, 0.1) is 17.7 Å². The van der Waals surface area contributed by atoms with Gasteiger partial charge in [0.25, 0.3) is 0 Å². The molecule has 0 amide bonds. The number of ether oxygens (including phenoxy) is 1. The fraction of sp³-hybridized carbons (Fsp3) is 0.188.